The molecule has 20 heavy (non-hydrogen) atoms. The van der Waals surface area contributed by atoms with Gasteiger partial charge in [0.1, 0.15) is 5.60 Å². The van der Waals surface area contributed by atoms with Crippen LogP contribution >= 0.6 is 0 Å². The van der Waals surface area contributed by atoms with Gasteiger partial charge in [-0.2, -0.15) is 4.98 Å². The predicted octanol–water partition coefficient (Wildman–Crippen LogP) is 2.50. The summed E-state index contributed by atoms with van der Waals surface area (Å²) in [4.78, 5) is 4.67. The molecule has 1 heterocycles. The van der Waals surface area contributed by atoms with E-state index < -0.39 is 0 Å². The molecular formula is C15H25N3O2. The molecule has 2 aliphatic carbocycles. The van der Waals surface area contributed by atoms with E-state index >= 15 is 0 Å². The highest BCUT2D eigenvalue weighted by Gasteiger charge is 2.50. The van der Waals surface area contributed by atoms with Crippen molar-refractivity contribution in [2.75, 3.05) is 13.2 Å². The number of ether oxygens (including phenoxy) is 1. The van der Waals surface area contributed by atoms with Crippen molar-refractivity contribution in [2.45, 2.75) is 63.4 Å². The molecule has 0 aromatic carbocycles. The number of nitrogens with two attached hydrogens (primary N) is 1. The van der Waals surface area contributed by atoms with Crippen molar-refractivity contribution >= 4 is 0 Å². The summed E-state index contributed by atoms with van der Waals surface area (Å²) in [5, 5.41) is 4.24. The minimum absolute atomic E-state index is 0.0411. The first kappa shape index (κ1) is 14.0. The van der Waals surface area contributed by atoms with Crippen molar-refractivity contribution in [2.24, 2.45) is 11.7 Å². The number of hydrogen-bond acceptors (Lipinski definition) is 5. The lowest BCUT2D eigenvalue weighted by atomic mass is 9.79. The third-order valence-corrected chi connectivity index (χ3v) is 5.03. The van der Waals surface area contributed by atoms with Gasteiger partial charge in [-0.1, -0.05) is 12.1 Å². The summed E-state index contributed by atoms with van der Waals surface area (Å²) >= 11 is 0. The molecule has 112 valence electrons. The van der Waals surface area contributed by atoms with Crippen LogP contribution in [0.1, 0.15) is 64.1 Å². The number of hydrogen-bond donors (Lipinski definition) is 1. The fourth-order valence-corrected chi connectivity index (χ4v) is 3.22. The van der Waals surface area contributed by atoms with Gasteiger partial charge in [0.05, 0.1) is 5.41 Å². The highest BCUT2D eigenvalue weighted by molar-refractivity contribution is 5.18. The normalized spacial score (nSPS) is 32.2. The van der Waals surface area contributed by atoms with Crippen LogP contribution in [0.2, 0.25) is 0 Å². The molecule has 2 fully saturated rings. The molecule has 5 heteroatoms. The Morgan fingerprint density at radius 1 is 1.30 bits per heavy atom. The summed E-state index contributed by atoms with van der Waals surface area (Å²) in [6, 6.07) is 0. The zero-order chi connectivity index (χ0) is 14.2. The summed E-state index contributed by atoms with van der Waals surface area (Å²) in [5.41, 5.74) is 5.46. The molecular weight excluding hydrogens is 254 g/mol. The van der Waals surface area contributed by atoms with Crippen molar-refractivity contribution in [3.05, 3.63) is 11.7 Å². The van der Waals surface area contributed by atoms with E-state index in [1.54, 1.807) is 0 Å². The second kappa shape index (κ2) is 5.11. The van der Waals surface area contributed by atoms with Crippen molar-refractivity contribution in [1.82, 2.24) is 10.1 Å². The van der Waals surface area contributed by atoms with Gasteiger partial charge in [-0.05, 0) is 51.4 Å². The first-order valence-electron chi connectivity index (χ1n) is 7.83. The zero-order valence-electron chi connectivity index (χ0n) is 12.5. The van der Waals surface area contributed by atoms with Crippen LogP contribution in [0.25, 0.3) is 0 Å². The van der Waals surface area contributed by atoms with Crippen molar-refractivity contribution in [3.63, 3.8) is 0 Å². The van der Waals surface area contributed by atoms with Crippen LogP contribution in [0.4, 0.5) is 0 Å². The maximum atomic E-state index is 6.07. The van der Waals surface area contributed by atoms with Gasteiger partial charge in [0.15, 0.2) is 0 Å². The molecule has 0 radical (unpaired) electrons. The van der Waals surface area contributed by atoms with Crippen LogP contribution < -0.4 is 5.73 Å². The van der Waals surface area contributed by atoms with Crippen LogP contribution in [0.5, 0.6) is 0 Å². The van der Waals surface area contributed by atoms with E-state index in [1.165, 1.54) is 0 Å². The Bertz CT molecular complexity index is 459. The van der Waals surface area contributed by atoms with Gasteiger partial charge < -0.3 is 15.0 Å². The molecule has 0 bridgehead atoms. The standard InChI is InChI=1S/C15H25N3O2/c1-3-19-15(6-4-11(2)5-7-15)12-17-13(20-18-12)14(10-16)8-9-14/h11H,3-10,16H2,1-2H3. The molecule has 1 aromatic rings. The molecule has 5 nitrogen and oxygen atoms in total. The molecule has 2 N–H and O–H groups in total. The van der Waals surface area contributed by atoms with E-state index in [0.717, 1.165) is 50.3 Å². The third-order valence-electron chi connectivity index (χ3n) is 5.03. The Labute approximate surface area is 120 Å². The minimum atomic E-state index is -0.340. The molecule has 1 aromatic heterocycles. The predicted molar refractivity (Wildman–Crippen MR) is 75.2 cm³/mol. The molecule has 2 aliphatic rings. The van der Waals surface area contributed by atoms with E-state index in [4.69, 9.17) is 15.0 Å². The zero-order valence-corrected chi connectivity index (χ0v) is 12.5. The van der Waals surface area contributed by atoms with Gasteiger partial charge in [0, 0.05) is 13.2 Å². The Morgan fingerprint density at radius 3 is 2.55 bits per heavy atom. The fraction of sp³-hybridized carbons (Fsp3) is 0.867. The molecule has 0 spiro atoms. The van der Waals surface area contributed by atoms with E-state index in [1.807, 2.05) is 6.92 Å². The van der Waals surface area contributed by atoms with Crippen LogP contribution in [-0.4, -0.2) is 23.3 Å². The summed E-state index contributed by atoms with van der Waals surface area (Å²) < 4.78 is 11.6. The summed E-state index contributed by atoms with van der Waals surface area (Å²) in [6.07, 6.45) is 6.40. The Balaban J connectivity index is 1.85. The van der Waals surface area contributed by atoms with E-state index in [2.05, 4.69) is 17.1 Å². The van der Waals surface area contributed by atoms with Gasteiger partial charge >= 0.3 is 0 Å². The largest absolute Gasteiger partial charge is 0.367 e. The van der Waals surface area contributed by atoms with Gasteiger partial charge in [0.2, 0.25) is 11.7 Å². The highest BCUT2D eigenvalue weighted by atomic mass is 16.5. The lowest BCUT2D eigenvalue weighted by Crippen LogP contribution is -2.35. The molecule has 0 atom stereocenters. The number of aromatic nitrogens is 2. The average molecular weight is 279 g/mol. The van der Waals surface area contributed by atoms with Crippen LogP contribution in [0.15, 0.2) is 4.52 Å². The minimum Gasteiger partial charge on any atom is -0.367 e. The highest BCUT2D eigenvalue weighted by Crippen LogP contribution is 2.48. The first-order chi connectivity index (χ1) is 9.64. The smallest absolute Gasteiger partial charge is 0.234 e. The lowest BCUT2D eigenvalue weighted by Gasteiger charge is -2.36. The van der Waals surface area contributed by atoms with Gasteiger partial charge in [0.25, 0.3) is 0 Å². The fourth-order valence-electron chi connectivity index (χ4n) is 3.22. The van der Waals surface area contributed by atoms with E-state index in [-0.39, 0.29) is 11.0 Å². The van der Waals surface area contributed by atoms with Gasteiger partial charge in [-0.25, -0.2) is 0 Å². The second-order valence-corrected chi connectivity index (χ2v) is 6.52. The molecule has 0 unspecified atom stereocenters. The first-order valence-corrected chi connectivity index (χ1v) is 7.83. The molecule has 3 rings (SSSR count). The second-order valence-electron chi connectivity index (χ2n) is 6.52. The molecule has 0 aliphatic heterocycles. The SMILES string of the molecule is CCOC1(c2noc(C3(CN)CC3)n2)CCC(C)CC1. The topological polar surface area (TPSA) is 74.2 Å². The Morgan fingerprint density at radius 2 is 2.00 bits per heavy atom. The van der Waals surface area contributed by atoms with Gasteiger partial charge in [-0.3, -0.25) is 0 Å². The lowest BCUT2D eigenvalue weighted by molar-refractivity contribution is -0.0847. The van der Waals surface area contributed by atoms with E-state index in [0.29, 0.717) is 19.0 Å². The van der Waals surface area contributed by atoms with Gasteiger partial charge in [-0.15, -0.1) is 0 Å². The summed E-state index contributed by atoms with van der Waals surface area (Å²) in [6.45, 7) is 5.60. The van der Waals surface area contributed by atoms with Crippen molar-refractivity contribution in [3.8, 4) is 0 Å². The van der Waals surface area contributed by atoms with Crippen LogP contribution in [-0.2, 0) is 15.8 Å². The molecule has 2 saturated carbocycles. The summed E-state index contributed by atoms with van der Waals surface area (Å²) in [5.74, 6) is 2.21. The monoisotopic (exact) mass is 279 g/mol. The average Bonchev–Trinajstić information content (AvgIpc) is 3.10. The van der Waals surface area contributed by atoms with Crippen LogP contribution in [0, 0.1) is 5.92 Å². The molecule has 0 amide bonds. The molecule has 0 saturated heterocycles. The Hall–Kier alpha value is -0.940. The quantitative estimate of drug-likeness (QED) is 0.896. The maximum absolute atomic E-state index is 6.07. The number of nitrogens with zero attached hydrogens (tertiary/aromatic N) is 2. The van der Waals surface area contributed by atoms with Crippen molar-refractivity contribution in [1.29, 1.82) is 0 Å². The number of rotatable bonds is 5. The third kappa shape index (κ3) is 2.27. The van der Waals surface area contributed by atoms with Crippen LogP contribution in [0.3, 0.4) is 0 Å². The maximum Gasteiger partial charge on any atom is 0.234 e. The summed E-state index contributed by atoms with van der Waals surface area (Å²) in [7, 11) is 0. The van der Waals surface area contributed by atoms with E-state index in [9.17, 15) is 0 Å². The Kier molecular flexibility index (Phi) is 3.58. The van der Waals surface area contributed by atoms with Crippen molar-refractivity contribution < 1.29 is 9.26 Å².